The van der Waals surface area contributed by atoms with Gasteiger partial charge in [-0.15, -0.1) is 131 Å². The molecule has 24 heteroatoms. The van der Waals surface area contributed by atoms with Crippen LogP contribution in [-0.4, -0.2) is 67.5 Å². The zero-order valence-corrected chi connectivity index (χ0v) is 74.9. The van der Waals surface area contributed by atoms with Crippen molar-refractivity contribution in [3.63, 3.8) is 0 Å². The second-order valence-electron chi connectivity index (χ2n) is 24.2. The Labute approximate surface area is 729 Å². The minimum absolute atomic E-state index is 0.554. The molecule has 2 N–H and O–H groups in total. The van der Waals surface area contributed by atoms with Crippen molar-refractivity contribution in [3.8, 4) is 0 Å². The Bertz CT molecular complexity index is 4760. The number of hydrogen-bond acceptors (Lipinski definition) is 24. The molecule has 0 atom stereocenters. The number of thiol groups is 2. The van der Waals surface area contributed by atoms with Crippen molar-refractivity contribution in [1.29, 1.82) is 0 Å². The zero-order chi connectivity index (χ0) is 76.4. The maximum atomic E-state index is 6.09. The summed E-state index contributed by atoms with van der Waals surface area (Å²) in [5.74, 6) is 8.26. The molecule has 0 radical (unpaired) electrons. The van der Waals surface area contributed by atoms with E-state index in [1.165, 1.54) is 53.9 Å². The Morgan fingerprint density at radius 3 is 0.505 bits per heavy atom. The lowest BCUT2D eigenvalue weighted by Gasteiger charge is -2.29. The first-order valence-corrected chi connectivity index (χ1v) is 50.2. The van der Waals surface area contributed by atoms with Crippen LogP contribution in [0.2, 0.25) is 0 Å². The molecule has 0 aliphatic carbocycles. The monoisotopic (exact) mass is 1770 g/mol. The van der Waals surface area contributed by atoms with Gasteiger partial charge >= 0.3 is 0 Å². The van der Waals surface area contributed by atoms with E-state index in [9.17, 15) is 0 Å². The molecule has 0 bridgehead atoms. The van der Waals surface area contributed by atoms with Crippen LogP contribution in [0.25, 0.3) is 0 Å². The fourth-order valence-electron chi connectivity index (χ4n) is 10.5. The number of rotatable bonds is 39. The van der Waals surface area contributed by atoms with Gasteiger partial charge in [0.25, 0.3) is 0 Å². The van der Waals surface area contributed by atoms with Gasteiger partial charge in [0.1, 0.15) is 0 Å². The van der Waals surface area contributed by atoms with E-state index >= 15 is 0 Å². The van der Waals surface area contributed by atoms with E-state index < -0.39 is 0 Å². The number of nitrogens with zero attached hydrogens (tertiary/aromatic N) is 6. The molecular weight excluding hydrogens is 1690 g/mol. The minimum atomic E-state index is 0.554. The van der Waals surface area contributed by atoms with E-state index in [0.717, 1.165) is 81.7 Å². The van der Waals surface area contributed by atoms with E-state index in [4.69, 9.17) is 20.7 Å². The average molecular weight is 1770 g/mol. The molecule has 0 saturated carbocycles. The predicted octanol–water partition coefficient (Wildman–Crippen LogP) is 29.2. The molecule has 564 valence electrons. The molecule has 0 aliphatic rings. The smallest absolute Gasteiger partial charge is 0.233 e. The molecule has 13 aromatic rings. The van der Waals surface area contributed by atoms with Gasteiger partial charge in [-0.3, -0.25) is 0 Å². The largest absolute Gasteiger partial charge is 0.399 e. The number of anilines is 4. The van der Waals surface area contributed by atoms with Gasteiger partial charge in [-0.05, 0) is 308 Å². The van der Waals surface area contributed by atoms with Gasteiger partial charge < -0.3 is 20.4 Å². The van der Waals surface area contributed by atoms with Crippen molar-refractivity contribution in [3.05, 3.63) is 291 Å². The highest BCUT2D eigenvalue weighted by Crippen LogP contribution is 2.41. The molecule has 0 unspecified atom stereocenters. The summed E-state index contributed by atoms with van der Waals surface area (Å²) >= 11 is 36.0. The lowest BCUT2D eigenvalue weighted by Crippen LogP contribution is -2.31. The predicted molar refractivity (Wildman–Crippen MR) is 502 cm³/mol. The topological polar surface area (TPSA) is 74.4 Å². The highest BCUT2D eigenvalue weighted by atomic mass is 32.2. The van der Waals surface area contributed by atoms with Crippen molar-refractivity contribution in [2.75, 3.05) is 73.0 Å². The number of nitrogen functional groups attached to an aromatic ring is 1. The number of aromatic nitrogens is 3. The molecule has 13 rings (SSSR count). The van der Waals surface area contributed by atoms with Crippen LogP contribution in [0.15, 0.2) is 404 Å². The summed E-state index contributed by atoms with van der Waals surface area (Å²) in [5.41, 5.74) is 6.84. The fourth-order valence-corrected chi connectivity index (χ4v) is 23.0. The molecule has 0 fully saturated rings. The maximum Gasteiger partial charge on any atom is 0.233 e. The number of thioether (sulfide) groups is 9. The van der Waals surface area contributed by atoms with Crippen molar-refractivity contribution >= 4 is 225 Å². The number of hydrogen-bond donors (Lipinski definition) is 3. The van der Waals surface area contributed by atoms with Crippen LogP contribution in [0.3, 0.4) is 0 Å². The fraction of sp³-hybridized carbons (Fsp3) is 0.138. The Balaban J connectivity index is 0.865. The Morgan fingerprint density at radius 2 is 0.342 bits per heavy atom. The minimum Gasteiger partial charge on any atom is -0.399 e. The van der Waals surface area contributed by atoms with Gasteiger partial charge in [0, 0.05) is 118 Å². The van der Waals surface area contributed by atoms with E-state index in [0.29, 0.717) is 53.1 Å². The second kappa shape index (κ2) is 44.2. The summed E-state index contributed by atoms with van der Waals surface area (Å²) in [5, 5.41) is 0. The van der Waals surface area contributed by atoms with Crippen LogP contribution in [0.5, 0.6) is 0 Å². The molecule has 0 amide bonds. The lowest BCUT2D eigenvalue weighted by atomic mass is 10.3. The van der Waals surface area contributed by atoms with Gasteiger partial charge in [-0.1, -0.05) is 91.3 Å². The SMILES string of the molecule is CCSc1ccc(Sc2ccc(SCN(CSc3ccc(Sc4ccc(N)cc4)cc3)c3nc(N(CSc4ccc(Sc5ccc(S)cc5)cc4)CSc4ccc(Sc5ccc(S)cc5)cc4)nc(N(CSc4ccc(Sc5ccc(SCC)cc5)cc4)CSc4ccc(Sc5ccc(SCC)cc5)cc4)n3)cc2)cc1. The van der Waals surface area contributed by atoms with Crippen LogP contribution in [-0.2, 0) is 0 Å². The second-order valence-corrected chi connectivity index (χ2v) is 42.2. The molecule has 111 heavy (non-hydrogen) atoms. The normalized spacial score (nSPS) is 11.3. The van der Waals surface area contributed by atoms with Gasteiger partial charge in [-0.25, -0.2) is 0 Å². The van der Waals surface area contributed by atoms with Crippen LogP contribution >= 0.6 is 202 Å². The van der Waals surface area contributed by atoms with Crippen LogP contribution in [0, 0.1) is 0 Å². The summed E-state index contributed by atoms with van der Waals surface area (Å²) in [7, 11) is 0. The Kier molecular flexibility index (Phi) is 33.4. The third-order valence-electron chi connectivity index (χ3n) is 16.1. The van der Waals surface area contributed by atoms with Crippen molar-refractivity contribution in [2.45, 2.75) is 133 Å². The molecular formula is C87H79N7S17. The highest BCUT2D eigenvalue weighted by molar-refractivity contribution is 8.03. The lowest BCUT2D eigenvalue weighted by molar-refractivity contribution is 0.855. The standard InChI is InChI=1S/C87H79N7S17/c1-4-97-64-19-37-76(38-20-64)109-82-49-31-70(32-50-82)103-58-92(55-100-67-25-43-79(44-26-67)106-73-13-7-61(88)8-14-73)85-89-86(93(56-101-68-27-45-80(46-28-68)107-74-15-9-62(95)10-16-74)57-102-69-29-47-81(48-30-69)108-75-17-11-63(96)12-18-75)91-87(90-85)94(59-104-71-33-51-83(52-34-71)110-77-39-21-65(22-40-77)98-5-2)60-105-72-35-53-84(54-36-72)111-78-41-23-66(24-42-78)99-6-3/h7-54,95-96H,4-6,55-60,88H2,1-3H3. The summed E-state index contributed by atoms with van der Waals surface area (Å²) in [6, 6.07) is 105. The summed E-state index contributed by atoms with van der Waals surface area (Å²) < 4.78 is 0. The van der Waals surface area contributed by atoms with Gasteiger partial charge in [0.05, 0.1) is 35.3 Å². The summed E-state index contributed by atoms with van der Waals surface area (Å²) in [6.45, 7) is 6.59. The molecule has 7 nitrogen and oxygen atoms in total. The maximum absolute atomic E-state index is 6.09. The van der Waals surface area contributed by atoms with E-state index in [1.807, 2.05) is 71.7 Å². The van der Waals surface area contributed by atoms with Crippen LogP contribution < -0.4 is 20.4 Å². The average Bonchev–Trinajstić information content (AvgIpc) is 0.803. The Hall–Kier alpha value is -5.20. The van der Waals surface area contributed by atoms with Crippen molar-refractivity contribution < 1.29 is 0 Å². The number of benzene rings is 12. The van der Waals surface area contributed by atoms with Crippen molar-refractivity contribution in [2.24, 2.45) is 0 Å². The van der Waals surface area contributed by atoms with Gasteiger partial charge in [-0.2, -0.15) is 15.0 Å². The van der Waals surface area contributed by atoms with Crippen LogP contribution in [0.1, 0.15) is 20.8 Å². The molecule has 1 aromatic heterocycles. The first kappa shape index (κ1) is 83.7. The summed E-state index contributed by atoms with van der Waals surface area (Å²) in [4.78, 5) is 50.9. The van der Waals surface area contributed by atoms with E-state index in [1.54, 1.807) is 141 Å². The molecule has 0 spiro atoms. The first-order chi connectivity index (χ1) is 54.4. The summed E-state index contributed by atoms with van der Waals surface area (Å²) in [6.07, 6.45) is 0. The van der Waals surface area contributed by atoms with E-state index in [2.05, 4.69) is 316 Å². The molecule has 0 saturated heterocycles. The number of nitrogens with two attached hydrogens (primary N) is 1. The van der Waals surface area contributed by atoms with Gasteiger partial charge in [0.15, 0.2) is 0 Å². The Morgan fingerprint density at radius 1 is 0.207 bits per heavy atom. The van der Waals surface area contributed by atoms with Crippen molar-refractivity contribution in [1.82, 2.24) is 15.0 Å². The molecule has 12 aromatic carbocycles. The van der Waals surface area contributed by atoms with Gasteiger partial charge in [0.2, 0.25) is 17.8 Å². The van der Waals surface area contributed by atoms with Crippen LogP contribution in [0.4, 0.5) is 23.5 Å². The third kappa shape index (κ3) is 27.2. The molecule has 1 heterocycles. The van der Waals surface area contributed by atoms with E-state index in [-0.39, 0.29) is 0 Å². The quantitative estimate of drug-likeness (QED) is 0.0148. The first-order valence-electron chi connectivity index (χ1n) is 35.5. The zero-order valence-electron chi connectivity index (χ0n) is 60.9. The third-order valence-corrected chi connectivity index (χ3v) is 31.7. The molecule has 0 aliphatic heterocycles. The highest BCUT2D eigenvalue weighted by Gasteiger charge is 2.24.